The van der Waals surface area contributed by atoms with Crippen molar-refractivity contribution in [3.8, 4) is 0 Å². The number of rotatable bonds is 3. The molecule has 0 fully saturated rings. The van der Waals surface area contributed by atoms with Crippen molar-refractivity contribution >= 4 is 17.4 Å². The first kappa shape index (κ1) is 12.6. The molecule has 0 aliphatic carbocycles. The van der Waals surface area contributed by atoms with Gasteiger partial charge in [0, 0.05) is 6.54 Å². The Morgan fingerprint density at radius 2 is 1.83 bits per heavy atom. The van der Waals surface area contributed by atoms with E-state index in [9.17, 15) is 9.59 Å². The number of carbonyl (C=O) groups is 2. The van der Waals surface area contributed by atoms with E-state index in [1.54, 1.807) is 4.90 Å². The standard InChI is InChI=1S/C15H17NO2/c1-5-9(2)8-16-13-11(4)7-6-10(3)12(13)14(17)15(16)18/h6-7H,2,5,8H2,1,3-4H3. The van der Waals surface area contributed by atoms with Crippen LogP contribution in [0.4, 0.5) is 5.69 Å². The highest BCUT2D eigenvalue weighted by Crippen LogP contribution is 2.35. The van der Waals surface area contributed by atoms with Crippen LogP contribution in [0.2, 0.25) is 0 Å². The summed E-state index contributed by atoms with van der Waals surface area (Å²) in [6.45, 7) is 10.1. The van der Waals surface area contributed by atoms with Crippen molar-refractivity contribution in [2.75, 3.05) is 11.4 Å². The molecule has 94 valence electrons. The van der Waals surface area contributed by atoms with E-state index < -0.39 is 11.7 Å². The molecule has 2 rings (SSSR count). The maximum atomic E-state index is 12.1. The topological polar surface area (TPSA) is 37.4 Å². The van der Waals surface area contributed by atoms with Crippen LogP contribution in [0.15, 0.2) is 24.3 Å². The number of aryl methyl sites for hydroxylation is 2. The van der Waals surface area contributed by atoms with E-state index in [4.69, 9.17) is 0 Å². The molecule has 1 aliphatic rings. The monoisotopic (exact) mass is 243 g/mol. The molecule has 1 heterocycles. The van der Waals surface area contributed by atoms with Gasteiger partial charge in [0.2, 0.25) is 0 Å². The van der Waals surface area contributed by atoms with Crippen LogP contribution in [0, 0.1) is 13.8 Å². The van der Waals surface area contributed by atoms with Gasteiger partial charge in [0.1, 0.15) is 0 Å². The molecule has 0 radical (unpaired) electrons. The fourth-order valence-corrected chi connectivity index (χ4v) is 2.25. The lowest BCUT2D eigenvalue weighted by molar-refractivity contribution is -0.114. The van der Waals surface area contributed by atoms with Gasteiger partial charge in [-0.2, -0.15) is 0 Å². The number of Topliss-reactive ketones (excluding diaryl/α,β-unsaturated/α-hetero) is 1. The average molecular weight is 243 g/mol. The van der Waals surface area contributed by atoms with Gasteiger partial charge in [0.25, 0.3) is 11.7 Å². The smallest absolute Gasteiger partial charge is 0.299 e. The van der Waals surface area contributed by atoms with Gasteiger partial charge >= 0.3 is 0 Å². The van der Waals surface area contributed by atoms with E-state index in [-0.39, 0.29) is 0 Å². The normalized spacial score (nSPS) is 14.1. The van der Waals surface area contributed by atoms with E-state index in [0.29, 0.717) is 12.1 Å². The fourth-order valence-electron chi connectivity index (χ4n) is 2.25. The second kappa shape index (κ2) is 4.41. The minimum atomic E-state index is -0.433. The van der Waals surface area contributed by atoms with Gasteiger partial charge in [-0.15, -0.1) is 0 Å². The zero-order valence-corrected chi connectivity index (χ0v) is 11.0. The first-order valence-corrected chi connectivity index (χ1v) is 6.10. The minimum Gasteiger partial charge on any atom is -0.300 e. The van der Waals surface area contributed by atoms with E-state index in [2.05, 4.69) is 6.58 Å². The molecule has 0 bridgehead atoms. The zero-order chi connectivity index (χ0) is 13.4. The van der Waals surface area contributed by atoms with E-state index >= 15 is 0 Å². The maximum absolute atomic E-state index is 12.1. The molecule has 0 aromatic heterocycles. The lowest BCUT2D eigenvalue weighted by Crippen LogP contribution is -2.31. The number of hydrogen-bond acceptors (Lipinski definition) is 2. The molecule has 3 nitrogen and oxygen atoms in total. The highest BCUT2D eigenvalue weighted by atomic mass is 16.2. The summed E-state index contributed by atoms with van der Waals surface area (Å²) in [5.41, 5.74) is 4.09. The van der Waals surface area contributed by atoms with Crippen LogP contribution in [-0.4, -0.2) is 18.2 Å². The third-order valence-corrected chi connectivity index (χ3v) is 3.41. The van der Waals surface area contributed by atoms with Crippen molar-refractivity contribution in [3.63, 3.8) is 0 Å². The number of anilines is 1. The Bertz CT molecular complexity index is 558. The van der Waals surface area contributed by atoms with Gasteiger partial charge in [-0.05, 0) is 31.4 Å². The zero-order valence-electron chi connectivity index (χ0n) is 11.0. The van der Waals surface area contributed by atoms with Crippen LogP contribution in [-0.2, 0) is 4.79 Å². The highest BCUT2D eigenvalue weighted by Gasteiger charge is 2.37. The molecule has 0 spiro atoms. The van der Waals surface area contributed by atoms with Crippen molar-refractivity contribution in [3.05, 3.63) is 41.0 Å². The summed E-state index contributed by atoms with van der Waals surface area (Å²) >= 11 is 0. The van der Waals surface area contributed by atoms with Crippen LogP contribution < -0.4 is 4.90 Å². The molecule has 1 aliphatic heterocycles. The Morgan fingerprint density at radius 1 is 1.22 bits per heavy atom. The molecular formula is C15H17NO2. The largest absolute Gasteiger partial charge is 0.300 e. The van der Waals surface area contributed by atoms with Crippen molar-refractivity contribution in [2.24, 2.45) is 0 Å². The number of fused-ring (bicyclic) bond motifs is 1. The van der Waals surface area contributed by atoms with Crippen molar-refractivity contribution in [1.82, 2.24) is 0 Å². The average Bonchev–Trinajstić information content (AvgIpc) is 2.60. The second-order valence-corrected chi connectivity index (χ2v) is 4.75. The van der Waals surface area contributed by atoms with Gasteiger partial charge in [0.15, 0.2) is 0 Å². The molecule has 1 amide bonds. The lowest BCUT2D eigenvalue weighted by atomic mass is 10.0. The molecule has 0 saturated carbocycles. The first-order chi connectivity index (χ1) is 8.47. The molecule has 0 unspecified atom stereocenters. The second-order valence-electron chi connectivity index (χ2n) is 4.75. The molecule has 0 N–H and O–H groups in total. The Morgan fingerprint density at radius 3 is 2.44 bits per heavy atom. The van der Waals surface area contributed by atoms with Crippen LogP contribution in [0.5, 0.6) is 0 Å². The van der Waals surface area contributed by atoms with Gasteiger partial charge in [-0.3, -0.25) is 9.59 Å². The minimum absolute atomic E-state index is 0.393. The van der Waals surface area contributed by atoms with Crippen LogP contribution >= 0.6 is 0 Å². The Labute approximate surface area is 107 Å². The SMILES string of the molecule is C=C(CC)CN1C(=O)C(=O)c2c(C)ccc(C)c21. The molecule has 18 heavy (non-hydrogen) atoms. The number of nitrogens with zero attached hydrogens (tertiary/aromatic N) is 1. The van der Waals surface area contributed by atoms with E-state index in [0.717, 1.165) is 28.8 Å². The Kier molecular flexibility index (Phi) is 3.07. The predicted molar refractivity (Wildman–Crippen MR) is 72.0 cm³/mol. The molecule has 0 saturated heterocycles. The fraction of sp³-hybridized carbons (Fsp3) is 0.333. The molecule has 3 heteroatoms. The molecular weight excluding hydrogens is 226 g/mol. The van der Waals surface area contributed by atoms with Gasteiger partial charge in [-0.25, -0.2) is 0 Å². The van der Waals surface area contributed by atoms with Gasteiger partial charge < -0.3 is 4.90 Å². The number of carbonyl (C=O) groups excluding carboxylic acids is 2. The maximum Gasteiger partial charge on any atom is 0.299 e. The van der Waals surface area contributed by atoms with Crippen LogP contribution in [0.3, 0.4) is 0 Å². The van der Waals surface area contributed by atoms with Gasteiger partial charge in [-0.1, -0.05) is 31.2 Å². The lowest BCUT2D eigenvalue weighted by Gasteiger charge is -2.19. The quantitative estimate of drug-likeness (QED) is 0.604. The number of benzene rings is 1. The molecule has 1 aromatic carbocycles. The summed E-state index contributed by atoms with van der Waals surface area (Å²) in [6.07, 6.45) is 0.804. The van der Waals surface area contributed by atoms with Crippen LogP contribution in [0.25, 0.3) is 0 Å². The molecule has 0 atom stereocenters. The van der Waals surface area contributed by atoms with Crippen molar-refractivity contribution in [2.45, 2.75) is 27.2 Å². The Hall–Kier alpha value is -1.90. The van der Waals surface area contributed by atoms with E-state index in [1.807, 2.05) is 32.9 Å². The summed E-state index contributed by atoms with van der Waals surface area (Å²) in [6, 6.07) is 3.83. The predicted octanol–water partition coefficient (Wildman–Crippen LogP) is 2.80. The van der Waals surface area contributed by atoms with Crippen molar-refractivity contribution < 1.29 is 9.59 Å². The molecule has 1 aromatic rings. The first-order valence-electron chi connectivity index (χ1n) is 6.10. The number of ketones is 1. The summed E-state index contributed by atoms with van der Waals surface area (Å²) < 4.78 is 0. The van der Waals surface area contributed by atoms with Crippen LogP contribution in [0.1, 0.15) is 34.8 Å². The number of amides is 1. The highest BCUT2D eigenvalue weighted by molar-refractivity contribution is 6.52. The van der Waals surface area contributed by atoms with E-state index in [1.165, 1.54) is 0 Å². The summed E-state index contributed by atoms with van der Waals surface area (Å²) in [4.78, 5) is 25.6. The summed E-state index contributed by atoms with van der Waals surface area (Å²) in [5.74, 6) is -0.827. The third-order valence-electron chi connectivity index (χ3n) is 3.41. The third kappa shape index (κ3) is 1.76. The van der Waals surface area contributed by atoms with Gasteiger partial charge in [0.05, 0.1) is 11.3 Å². The number of hydrogen-bond donors (Lipinski definition) is 0. The van der Waals surface area contributed by atoms with Crippen molar-refractivity contribution in [1.29, 1.82) is 0 Å². The summed E-state index contributed by atoms with van der Waals surface area (Å²) in [7, 11) is 0. The summed E-state index contributed by atoms with van der Waals surface area (Å²) in [5, 5.41) is 0. The Balaban J connectivity index is 2.55.